The zero-order valence-corrected chi connectivity index (χ0v) is 21.7. The second-order valence-electron chi connectivity index (χ2n) is 10.3. The Hall–Kier alpha value is -2.08. The van der Waals surface area contributed by atoms with Crippen LogP contribution in [0.15, 0.2) is 24.3 Å². The molecule has 1 aromatic rings. The van der Waals surface area contributed by atoms with Crippen LogP contribution in [0.3, 0.4) is 0 Å². The summed E-state index contributed by atoms with van der Waals surface area (Å²) in [5, 5.41) is 12.5. The fraction of sp³-hybridized carbons (Fsp3) is 0.714. The van der Waals surface area contributed by atoms with Crippen LogP contribution in [0.5, 0.6) is 0 Å². The molecule has 1 aliphatic rings. The number of carboxylic acids is 1. The highest BCUT2D eigenvalue weighted by atomic mass is 16.5. The van der Waals surface area contributed by atoms with Crippen molar-refractivity contribution in [2.24, 2.45) is 17.8 Å². The van der Waals surface area contributed by atoms with Crippen molar-refractivity contribution in [1.82, 2.24) is 10.2 Å². The van der Waals surface area contributed by atoms with E-state index in [1.807, 2.05) is 18.7 Å². The lowest BCUT2D eigenvalue weighted by atomic mass is 9.81. The van der Waals surface area contributed by atoms with Crippen LogP contribution >= 0.6 is 0 Å². The lowest BCUT2D eigenvalue weighted by Gasteiger charge is -2.31. The Morgan fingerprint density at radius 3 is 2.59 bits per heavy atom. The van der Waals surface area contributed by atoms with E-state index in [1.54, 1.807) is 0 Å². The Balaban J connectivity index is 1.84. The molecule has 3 unspecified atom stereocenters. The molecule has 0 aromatic heterocycles. The van der Waals surface area contributed by atoms with Crippen molar-refractivity contribution in [1.29, 1.82) is 0 Å². The van der Waals surface area contributed by atoms with Gasteiger partial charge in [-0.3, -0.25) is 4.79 Å². The molecule has 1 aromatic carbocycles. The van der Waals surface area contributed by atoms with Crippen molar-refractivity contribution in [3.63, 3.8) is 0 Å². The molecule has 0 spiro atoms. The molecular formula is C28H46N2O4. The van der Waals surface area contributed by atoms with E-state index in [-0.39, 0.29) is 24.0 Å². The summed E-state index contributed by atoms with van der Waals surface area (Å²) in [4.78, 5) is 26.1. The fourth-order valence-electron chi connectivity index (χ4n) is 4.79. The highest BCUT2D eigenvalue weighted by Gasteiger charge is 2.27. The number of rotatable bonds is 14. The minimum atomic E-state index is -0.676. The molecule has 2 rings (SSSR count). The van der Waals surface area contributed by atoms with E-state index in [0.717, 1.165) is 56.9 Å². The van der Waals surface area contributed by atoms with E-state index in [9.17, 15) is 14.7 Å². The van der Waals surface area contributed by atoms with Crippen LogP contribution in [0.1, 0.15) is 83.3 Å². The number of benzene rings is 1. The van der Waals surface area contributed by atoms with Gasteiger partial charge < -0.3 is 20.1 Å². The molecule has 3 atom stereocenters. The van der Waals surface area contributed by atoms with E-state index in [2.05, 4.69) is 43.4 Å². The molecule has 0 heterocycles. The third-order valence-corrected chi connectivity index (χ3v) is 7.05. The van der Waals surface area contributed by atoms with E-state index in [1.165, 1.54) is 5.56 Å². The second kappa shape index (κ2) is 15.0. The van der Waals surface area contributed by atoms with Gasteiger partial charge in [0, 0.05) is 19.6 Å². The average molecular weight is 475 g/mol. The molecule has 192 valence electrons. The van der Waals surface area contributed by atoms with E-state index in [0.29, 0.717) is 32.2 Å². The number of unbranched alkanes of at least 4 members (excludes halogenated alkanes) is 1. The van der Waals surface area contributed by atoms with Gasteiger partial charge in [-0.05, 0) is 56.4 Å². The first kappa shape index (κ1) is 28.2. The van der Waals surface area contributed by atoms with Crippen LogP contribution in [-0.2, 0) is 16.1 Å². The Morgan fingerprint density at radius 2 is 1.94 bits per heavy atom. The third-order valence-electron chi connectivity index (χ3n) is 7.05. The van der Waals surface area contributed by atoms with Gasteiger partial charge >= 0.3 is 12.0 Å². The average Bonchev–Trinajstić information content (AvgIpc) is 2.80. The number of urea groups is 1. The first-order valence-electron chi connectivity index (χ1n) is 13.2. The number of aryl methyl sites for hydroxylation is 1. The van der Waals surface area contributed by atoms with Gasteiger partial charge in [0.1, 0.15) is 0 Å². The molecule has 0 bridgehead atoms. The molecule has 6 nitrogen and oxygen atoms in total. The van der Waals surface area contributed by atoms with Crippen molar-refractivity contribution in [3.05, 3.63) is 35.4 Å². The van der Waals surface area contributed by atoms with Crippen LogP contribution in [0.4, 0.5) is 4.79 Å². The number of ether oxygens (including phenoxy) is 1. The van der Waals surface area contributed by atoms with Crippen molar-refractivity contribution in [2.45, 2.75) is 91.7 Å². The minimum Gasteiger partial charge on any atom is -0.481 e. The molecule has 2 N–H and O–H groups in total. The Labute approximate surface area is 206 Å². The number of nitrogens with zero attached hydrogens (tertiary/aromatic N) is 1. The smallest absolute Gasteiger partial charge is 0.317 e. The van der Waals surface area contributed by atoms with E-state index in [4.69, 9.17) is 4.74 Å². The first-order chi connectivity index (χ1) is 16.3. The maximum Gasteiger partial charge on any atom is 0.317 e. The maximum atomic E-state index is 12.8. The molecule has 1 fully saturated rings. The van der Waals surface area contributed by atoms with Gasteiger partial charge in [0.15, 0.2) is 0 Å². The molecule has 0 saturated heterocycles. The number of carboxylic acid groups (broad SMARTS) is 1. The SMILES string of the molecule is CCCCNC(=O)N(CCOC1CCCC(CCC(C(=O)O)C(C)C)C1)Cc1ccc(C)cc1. The summed E-state index contributed by atoms with van der Waals surface area (Å²) in [5.74, 6) is -0.246. The Bertz CT molecular complexity index is 734. The van der Waals surface area contributed by atoms with Crippen molar-refractivity contribution < 1.29 is 19.4 Å². The predicted octanol–water partition coefficient (Wildman–Crippen LogP) is 6.02. The monoisotopic (exact) mass is 474 g/mol. The zero-order valence-electron chi connectivity index (χ0n) is 21.7. The van der Waals surface area contributed by atoms with Gasteiger partial charge in [0.05, 0.1) is 18.6 Å². The van der Waals surface area contributed by atoms with Crippen molar-refractivity contribution in [3.8, 4) is 0 Å². The van der Waals surface area contributed by atoms with Crippen LogP contribution in [0, 0.1) is 24.7 Å². The number of aliphatic carboxylic acids is 1. The van der Waals surface area contributed by atoms with Gasteiger partial charge in [-0.1, -0.05) is 69.9 Å². The quantitative estimate of drug-likeness (QED) is 0.323. The molecular weight excluding hydrogens is 428 g/mol. The summed E-state index contributed by atoms with van der Waals surface area (Å²) < 4.78 is 6.24. The molecule has 1 aliphatic carbocycles. The van der Waals surface area contributed by atoms with E-state index >= 15 is 0 Å². The number of hydrogen-bond acceptors (Lipinski definition) is 3. The molecule has 34 heavy (non-hydrogen) atoms. The van der Waals surface area contributed by atoms with Gasteiger partial charge in [-0.25, -0.2) is 4.79 Å². The number of amides is 2. The number of carbonyl (C=O) groups excluding carboxylic acids is 1. The topological polar surface area (TPSA) is 78.9 Å². The molecule has 0 radical (unpaired) electrons. The summed E-state index contributed by atoms with van der Waals surface area (Å²) >= 11 is 0. The largest absolute Gasteiger partial charge is 0.481 e. The number of carbonyl (C=O) groups is 2. The molecule has 0 aliphatic heterocycles. The van der Waals surface area contributed by atoms with Gasteiger partial charge in [-0.2, -0.15) is 0 Å². The normalized spacial score (nSPS) is 19.1. The molecule has 2 amide bonds. The lowest BCUT2D eigenvalue weighted by Crippen LogP contribution is -2.42. The van der Waals surface area contributed by atoms with Crippen LogP contribution in [0.25, 0.3) is 0 Å². The highest BCUT2D eigenvalue weighted by molar-refractivity contribution is 5.74. The number of nitrogens with one attached hydrogen (secondary N) is 1. The zero-order chi connectivity index (χ0) is 24.9. The summed E-state index contributed by atoms with van der Waals surface area (Å²) in [5.41, 5.74) is 2.33. The Morgan fingerprint density at radius 1 is 1.21 bits per heavy atom. The summed E-state index contributed by atoms with van der Waals surface area (Å²) in [6.07, 6.45) is 8.24. The fourth-order valence-corrected chi connectivity index (χ4v) is 4.79. The maximum absolute atomic E-state index is 12.8. The van der Waals surface area contributed by atoms with Crippen molar-refractivity contribution >= 4 is 12.0 Å². The lowest BCUT2D eigenvalue weighted by molar-refractivity contribution is -0.143. The number of hydrogen-bond donors (Lipinski definition) is 2. The highest BCUT2D eigenvalue weighted by Crippen LogP contribution is 2.32. The van der Waals surface area contributed by atoms with E-state index < -0.39 is 5.97 Å². The predicted molar refractivity (Wildman–Crippen MR) is 137 cm³/mol. The molecule has 1 saturated carbocycles. The second-order valence-corrected chi connectivity index (χ2v) is 10.3. The Kier molecular flexibility index (Phi) is 12.4. The van der Waals surface area contributed by atoms with Gasteiger partial charge in [0.25, 0.3) is 0 Å². The third kappa shape index (κ3) is 10.0. The van der Waals surface area contributed by atoms with Crippen LogP contribution < -0.4 is 5.32 Å². The van der Waals surface area contributed by atoms with Gasteiger partial charge in [0.2, 0.25) is 0 Å². The minimum absolute atomic E-state index is 0.0347. The van der Waals surface area contributed by atoms with Crippen LogP contribution in [-0.4, -0.2) is 47.8 Å². The van der Waals surface area contributed by atoms with Crippen molar-refractivity contribution in [2.75, 3.05) is 19.7 Å². The van der Waals surface area contributed by atoms with Crippen LogP contribution in [0.2, 0.25) is 0 Å². The summed E-state index contributed by atoms with van der Waals surface area (Å²) in [7, 11) is 0. The first-order valence-corrected chi connectivity index (χ1v) is 13.2. The standard InChI is InChI=1S/C28H46N2O4/c1-5-6-16-29-28(33)30(20-24-12-10-22(4)11-13-24)17-18-34-25-9-7-8-23(19-25)14-15-26(21(2)3)27(31)32/h10-13,21,23,25-26H,5-9,14-20H2,1-4H3,(H,29,33)(H,31,32). The van der Waals surface area contributed by atoms with Gasteiger partial charge in [-0.15, -0.1) is 0 Å². The molecule has 6 heteroatoms. The summed E-state index contributed by atoms with van der Waals surface area (Å²) in [6.45, 7) is 10.5. The summed E-state index contributed by atoms with van der Waals surface area (Å²) in [6, 6.07) is 8.28.